The van der Waals surface area contributed by atoms with Crippen LogP contribution in [0.1, 0.15) is 29.9 Å². The highest BCUT2D eigenvalue weighted by atomic mass is 35.5. The van der Waals surface area contributed by atoms with Gasteiger partial charge >= 0.3 is 0 Å². The molecule has 3 nitrogen and oxygen atoms in total. The van der Waals surface area contributed by atoms with E-state index < -0.39 is 0 Å². The number of hydrogen-bond donors (Lipinski definition) is 1. The van der Waals surface area contributed by atoms with E-state index in [1.807, 2.05) is 23.1 Å². The summed E-state index contributed by atoms with van der Waals surface area (Å²) in [5.41, 5.74) is 10.4. The molecule has 0 radical (unpaired) electrons. The summed E-state index contributed by atoms with van der Waals surface area (Å²) in [6.07, 6.45) is 2.90. The molecule has 1 fully saturated rings. The van der Waals surface area contributed by atoms with Crippen molar-refractivity contribution in [3.05, 3.63) is 71.8 Å². The van der Waals surface area contributed by atoms with Crippen LogP contribution in [0, 0.1) is 5.92 Å². The topological polar surface area (TPSA) is 46.3 Å². The molecule has 27 heavy (non-hydrogen) atoms. The molecule has 2 aliphatic rings. The molecule has 0 bridgehead atoms. The van der Waals surface area contributed by atoms with Crippen molar-refractivity contribution in [1.29, 1.82) is 0 Å². The molecule has 3 aromatic carbocycles. The molecule has 1 aliphatic heterocycles. The van der Waals surface area contributed by atoms with Crippen LogP contribution in [0.25, 0.3) is 10.8 Å². The van der Waals surface area contributed by atoms with Gasteiger partial charge in [0.15, 0.2) is 0 Å². The molecule has 1 amide bonds. The van der Waals surface area contributed by atoms with Crippen LogP contribution in [0.4, 0.5) is 11.4 Å². The minimum Gasteiger partial charge on any atom is -0.398 e. The molecule has 1 saturated carbocycles. The molecule has 4 heteroatoms. The molecule has 2 N–H and O–H groups in total. The minimum absolute atomic E-state index is 0. The maximum absolute atomic E-state index is 13.2. The van der Waals surface area contributed by atoms with Crippen LogP contribution in [0.3, 0.4) is 0 Å². The van der Waals surface area contributed by atoms with Crippen LogP contribution >= 0.6 is 12.4 Å². The number of anilines is 2. The minimum atomic E-state index is 0. The second kappa shape index (κ2) is 6.90. The Morgan fingerprint density at radius 3 is 2.67 bits per heavy atom. The number of nitrogens with two attached hydrogens (primary N) is 1. The first-order chi connectivity index (χ1) is 12.7. The van der Waals surface area contributed by atoms with Crippen molar-refractivity contribution in [1.82, 2.24) is 0 Å². The lowest BCUT2D eigenvalue weighted by Crippen LogP contribution is -2.37. The molecule has 138 valence electrons. The highest BCUT2D eigenvalue weighted by molar-refractivity contribution is 5.99. The molecule has 0 saturated heterocycles. The van der Waals surface area contributed by atoms with Crippen molar-refractivity contribution in [2.45, 2.75) is 25.2 Å². The standard InChI is InChI=1S/C23H22N2O.ClH/c24-21-8-3-9-22-18(21)7-4-12-25(22)23(26)20-14-19(20)17-11-10-15-5-1-2-6-16(15)13-17;/h1-3,5-6,8-11,13,19-20H,4,7,12,14,24H2;1H. The van der Waals surface area contributed by atoms with Crippen LogP contribution in [0.2, 0.25) is 0 Å². The second-order valence-electron chi connectivity index (χ2n) is 7.49. The van der Waals surface area contributed by atoms with Crippen LogP contribution in [0.5, 0.6) is 0 Å². The van der Waals surface area contributed by atoms with Gasteiger partial charge in [-0.05, 0) is 59.2 Å². The fourth-order valence-corrected chi connectivity index (χ4v) is 4.36. The number of amides is 1. The Hall–Kier alpha value is -2.52. The number of carbonyl (C=O) groups excluding carboxylic acids is 1. The SMILES string of the molecule is Cl.Nc1cccc2c1CCCN2C(=O)C1CC1c1ccc2ccccc2c1. The first-order valence-corrected chi connectivity index (χ1v) is 9.40. The van der Waals surface area contributed by atoms with Gasteiger partial charge in [-0.1, -0.05) is 48.5 Å². The normalized spacial score (nSPS) is 20.7. The van der Waals surface area contributed by atoms with Crippen molar-refractivity contribution >= 4 is 40.5 Å². The molecule has 0 aromatic heterocycles. The van der Waals surface area contributed by atoms with E-state index in [2.05, 4.69) is 42.5 Å². The van der Waals surface area contributed by atoms with E-state index in [1.165, 1.54) is 16.3 Å². The van der Waals surface area contributed by atoms with Gasteiger partial charge in [0.2, 0.25) is 5.91 Å². The molecule has 1 aliphatic carbocycles. The molecule has 5 rings (SSSR count). The van der Waals surface area contributed by atoms with Gasteiger partial charge in [0, 0.05) is 23.8 Å². The zero-order valence-electron chi connectivity index (χ0n) is 15.1. The number of nitrogen functional groups attached to an aromatic ring is 1. The summed E-state index contributed by atoms with van der Waals surface area (Å²) in [5.74, 6) is 0.705. The molecular weight excluding hydrogens is 356 g/mol. The van der Waals surface area contributed by atoms with E-state index in [0.29, 0.717) is 5.92 Å². The number of benzene rings is 3. The quantitative estimate of drug-likeness (QED) is 0.643. The van der Waals surface area contributed by atoms with Gasteiger partial charge in [-0.15, -0.1) is 12.4 Å². The van der Waals surface area contributed by atoms with Crippen LogP contribution in [0.15, 0.2) is 60.7 Å². The fourth-order valence-electron chi connectivity index (χ4n) is 4.36. The molecular formula is C23H23ClN2O. The number of halogens is 1. The third-order valence-electron chi connectivity index (χ3n) is 5.86. The number of nitrogens with zero attached hydrogens (tertiary/aromatic N) is 1. The Morgan fingerprint density at radius 1 is 1.00 bits per heavy atom. The lowest BCUT2D eigenvalue weighted by molar-refractivity contribution is -0.120. The Bertz CT molecular complexity index is 1020. The first-order valence-electron chi connectivity index (χ1n) is 9.40. The molecule has 1 heterocycles. The molecule has 2 atom stereocenters. The molecule has 3 aromatic rings. The third kappa shape index (κ3) is 3.06. The van der Waals surface area contributed by atoms with Crippen molar-refractivity contribution in [2.75, 3.05) is 17.2 Å². The van der Waals surface area contributed by atoms with Crippen molar-refractivity contribution in [3.8, 4) is 0 Å². The van der Waals surface area contributed by atoms with Gasteiger partial charge in [0.1, 0.15) is 0 Å². The second-order valence-corrected chi connectivity index (χ2v) is 7.49. The maximum Gasteiger partial charge on any atom is 0.230 e. The largest absolute Gasteiger partial charge is 0.398 e. The van der Waals surface area contributed by atoms with Gasteiger partial charge in [-0.3, -0.25) is 4.79 Å². The van der Waals surface area contributed by atoms with Crippen molar-refractivity contribution in [2.24, 2.45) is 5.92 Å². The van der Waals surface area contributed by atoms with E-state index in [9.17, 15) is 4.79 Å². The van der Waals surface area contributed by atoms with Crippen molar-refractivity contribution < 1.29 is 4.79 Å². The molecule has 0 spiro atoms. The summed E-state index contributed by atoms with van der Waals surface area (Å²) in [6, 6.07) is 20.9. The highest BCUT2D eigenvalue weighted by Gasteiger charge is 2.46. The van der Waals surface area contributed by atoms with Crippen molar-refractivity contribution in [3.63, 3.8) is 0 Å². The van der Waals surface area contributed by atoms with Crippen LogP contribution in [-0.2, 0) is 11.2 Å². The fraction of sp³-hybridized carbons (Fsp3) is 0.261. The maximum atomic E-state index is 13.2. The summed E-state index contributed by atoms with van der Waals surface area (Å²) >= 11 is 0. The number of rotatable bonds is 2. The Labute approximate surface area is 165 Å². The lowest BCUT2D eigenvalue weighted by Gasteiger charge is -2.30. The van der Waals surface area contributed by atoms with E-state index in [4.69, 9.17) is 5.73 Å². The average molecular weight is 379 g/mol. The highest BCUT2D eigenvalue weighted by Crippen LogP contribution is 2.50. The Morgan fingerprint density at radius 2 is 1.81 bits per heavy atom. The predicted octanol–water partition coefficient (Wildman–Crippen LogP) is 4.93. The van der Waals surface area contributed by atoms with Gasteiger partial charge in [-0.25, -0.2) is 0 Å². The summed E-state index contributed by atoms with van der Waals surface area (Å²) in [6.45, 7) is 0.802. The lowest BCUT2D eigenvalue weighted by atomic mass is 9.98. The summed E-state index contributed by atoms with van der Waals surface area (Å²) in [7, 11) is 0. The summed E-state index contributed by atoms with van der Waals surface area (Å²) in [5, 5.41) is 2.50. The van der Waals surface area contributed by atoms with Gasteiger partial charge in [0.05, 0.1) is 0 Å². The van der Waals surface area contributed by atoms with Gasteiger partial charge in [-0.2, -0.15) is 0 Å². The van der Waals surface area contributed by atoms with Gasteiger partial charge < -0.3 is 10.6 Å². The molecule has 2 unspecified atom stereocenters. The van der Waals surface area contributed by atoms with Crippen LogP contribution < -0.4 is 10.6 Å². The van der Waals surface area contributed by atoms with E-state index in [0.717, 1.165) is 42.7 Å². The van der Waals surface area contributed by atoms with E-state index in [1.54, 1.807) is 0 Å². The number of fused-ring (bicyclic) bond motifs is 2. The van der Waals surface area contributed by atoms with Crippen LogP contribution in [-0.4, -0.2) is 12.5 Å². The average Bonchev–Trinajstić information content (AvgIpc) is 3.48. The van der Waals surface area contributed by atoms with Gasteiger partial charge in [0.25, 0.3) is 0 Å². The Balaban J connectivity index is 0.00000180. The number of carbonyl (C=O) groups is 1. The smallest absolute Gasteiger partial charge is 0.230 e. The third-order valence-corrected chi connectivity index (χ3v) is 5.86. The zero-order valence-corrected chi connectivity index (χ0v) is 15.9. The van der Waals surface area contributed by atoms with E-state index >= 15 is 0 Å². The summed E-state index contributed by atoms with van der Waals surface area (Å²) < 4.78 is 0. The first kappa shape index (κ1) is 17.9. The monoisotopic (exact) mass is 378 g/mol. The Kier molecular flexibility index (Phi) is 4.56. The number of hydrogen-bond acceptors (Lipinski definition) is 2. The zero-order chi connectivity index (χ0) is 17.7. The summed E-state index contributed by atoms with van der Waals surface area (Å²) in [4.78, 5) is 15.1. The predicted molar refractivity (Wildman–Crippen MR) is 114 cm³/mol. The van der Waals surface area contributed by atoms with E-state index in [-0.39, 0.29) is 24.2 Å².